The van der Waals surface area contributed by atoms with E-state index in [1.165, 1.54) is 0 Å². The molecule has 2 aliphatic rings. The van der Waals surface area contributed by atoms with Crippen molar-refractivity contribution in [3.63, 3.8) is 0 Å². The highest BCUT2D eigenvalue weighted by molar-refractivity contribution is 4.94. The van der Waals surface area contributed by atoms with Crippen LogP contribution in [0.25, 0.3) is 10.4 Å². The smallest absolute Gasteiger partial charge is 0.197 e. The molecule has 2 heterocycles. The minimum atomic E-state index is -1.96. The summed E-state index contributed by atoms with van der Waals surface area (Å²) in [5, 5.41) is 71.7. The largest absolute Gasteiger partial charge is 0.394 e. The van der Waals surface area contributed by atoms with E-state index in [9.17, 15) is 35.7 Å². The lowest BCUT2D eigenvalue weighted by Gasteiger charge is -2.48. The zero-order valence-electron chi connectivity index (χ0n) is 13.6. The number of aliphatic hydroxyl groups is 7. The number of rotatable bonds is 6. The average Bonchev–Trinajstić information content (AvgIpc) is 2.64. The Hall–Kier alpha value is -1.09. The Balaban J connectivity index is 2.18. The first-order chi connectivity index (χ1) is 12.3. The number of azide groups is 1. The predicted octanol–water partition coefficient (Wildman–Crippen LogP) is -3.69. The summed E-state index contributed by atoms with van der Waals surface area (Å²) < 4.78 is 16.1. The SMILES string of the molecule is [N-]=[N+]=NCC1O[C@H](OC2(CO)CC(O)[C@H](O)C(CO)O2)C(O)C(O)[C@@H]1O. The molecule has 2 saturated heterocycles. The molecule has 0 aromatic carbocycles. The van der Waals surface area contributed by atoms with Crippen LogP contribution in [0.5, 0.6) is 0 Å². The monoisotopic (exact) mass is 381 g/mol. The van der Waals surface area contributed by atoms with E-state index in [4.69, 9.17) is 19.7 Å². The van der Waals surface area contributed by atoms with Gasteiger partial charge in [-0.3, -0.25) is 0 Å². The van der Waals surface area contributed by atoms with Crippen LogP contribution in [-0.4, -0.2) is 110 Å². The molecule has 26 heavy (non-hydrogen) atoms. The number of hydrogen-bond donors (Lipinski definition) is 7. The van der Waals surface area contributed by atoms with Crippen molar-refractivity contribution in [2.24, 2.45) is 5.11 Å². The fourth-order valence-corrected chi connectivity index (χ4v) is 2.93. The maximum atomic E-state index is 10.1. The van der Waals surface area contributed by atoms with Gasteiger partial charge in [0.25, 0.3) is 0 Å². The third-order valence-corrected chi connectivity index (χ3v) is 4.41. The van der Waals surface area contributed by atoms with E-state index in [1.807, 2.05) is 0 Å². The van der Waals surface area contributed by atoms with E-state index >= 15 is 0 Å². The Morgan fingerprint density at radius 3 is 2.31 bits per heavy atom. The minimum absolute atomic E-state index is 0.366. The van der Waals surface area contributed by atoms with Gasteiger partial charge in [-0.2, -0.15) is 0 Å². The Labute approximate surface area is 147 Å². The Kier molecular flexibility index (Phi) is 7.12. The van der Waals surface area contributed by atoms with Crippen LogP contribution in [0, 0.1) is 0 Å². The second kappa shape index (κ2) is 8.73. The van der Waals surface area contributed by atoms with Gasteiger partial charge in [-0.05, 0) is 5.53 Å². The summed E-state index contributed by atoms with van der Waals surface area (Å²) in [6.45, 7) is -1.88. The van der Waals surface area contributed by atoms with Crippen molar-refractivity contribution < 1.29 is 50.0 Å². The summed E-state index contributed by atoms with van der Waals surface area (Å²) in [7, 11) is 0. The molecule has 6 unspecified atom stereocenters. The van der Waals surface area contributed by atoms with E-state index in [1.54, 1.807) is 0 Å². The lowest BCUT2D eigenvalue weighted by atomic mass is 9.95. The normalized spacial score (nSPS) is 46.6. The summed E-state index contributed by atoms with van der Waals surface area (Å²) in [5.41, 5.74) is 8.37. The highest BCUT2D eigenvalue weighted by atomic mass is 16.8. The fourth-order valence-electron chi connectivity index (χ4n) is 2.93. The van der Waals surface area contributed by atoms with E-state index in [0.717, 1.165) is 0 Å². The number of hydrogen-bond acceptors (Lipinski definition) is 11. The second-order valence-corrected chi connectivity index (χ2v) is 6.22. The molecule has 0 amide bonds. The van der Waals surface area contributed by atoms with Crippen molar-refractivity contribution in [3.8, 4) is 0 Å². The quantitative estimate of drug-likeness (QED) is 0.136. The van der Waals surface area contributed by atoms with Crippen LogP contribution in [0.4, 0.5) is 0 Å². The Bertz CT molecular complexity index is 520. The molecule has 13 nitrogen and oxygen atoms in total. The van der Waals surface area contributed by atoms with Crippen LogP contribution in [0.2, 0.25) is 0 Å². The van der Waals surface area contributed by atoms with Gasteiger partial charge in [0, 0.05) is 11.3 Å². The molecule has 150 valence electrons. The second-order valence-electron chi connectivity index (χ2n) is 6.22. The highest BCUT2D eigenvalue weighted by Gasteiger charge is 2.52. The summed E-state index contributed by atoms with van der Waals surface area (Å²) in [6.07, 6.45) is -12.4. The van der Waals surface area contributed by atoms with Crippen molar-refractivity contribution in [1.82, 2.24) is 0 Å². The standard InChI is InChI=1S/C13H23N3O10/c14-16-15-2-6-9(21)10(22)11(23)12(24-6)26-13(4-18)1-5(19)8(20)7(3-17)25-13/h5-12,17-23H,1-4H2/t5?,6?,7?,8-,9+,10?,11?,12+,13?/m0/s1. The van der Waals surface area contributed by atoms with Gasteiger partial charge in [0.2, 0.25) is 0 Å². The molecule has 7 N–H and O–H groups in total. The zero-order valence-corrected chi connectivity index (χ0v) is 13.6. The van der Waals surface area contributed by atoms with Crippen LogP contribution in [0.3, 0.4) is 0 Å². The zero-order chi connectivity index (χ0) is 19.5. The van der Waals surface area contributed by atoms with E-state index in [-0.39, 0.29) is 6.54 Å². The van der Waals surface area contributed by atoms with E-state index < -0.39 is 74.4 Å². The molecular formula is C13H23N3O10. The van der Waals surface area contributed by atoms with Gasteiger partial charge in [0.05, 0.1) is 32.0 Å². The first-order valence-electron chi connectivity index (χ1n) is 7.92. The molecule has 0 aliphatic carbocycles. The highest BCUT2D eigenvalue weighted by Crippen LogP contribution is 2.34. The third kappa shape index (κ3) is 4.24. The van der Waals surface area contributed by atoms with Gasteiger partial charge in [-0.15, -0.1) is 0 Å². The average molecular weight is 381 g/mol. The van der Waals surface area contributed by atoms with E-state index in [0.29, 0.717) is 0 Å². The lowest BCUT2D eigenvalue weighted by molar-refractivity contribution is -0.403. The molecule has 0 radical (unpaired) electrons. The summed E-state index contributed by atoms with van der Waals surface area (Å²) in [6, 6.07) is 0. The van der Waals surface area contributed by atoms with Gasteiger partial charge in [-0.1, -0.05) is 5.11 Å². The molecule has 13 heteroatoms. The molecule has 0 bridgehead atoms. The molecule has 9 atom stereocenters. The Morgan fingerprint density at radius 2 is 1.73 bits per heavy atom. The van der Waals surface area contributed by atoms with E-state index in [2.05, 4.69) is 10.0 Å². The summed E-state index contributed by atoms with van der Waals surface area (Å²) >= 11 is 0. The lowest BCUT2D eigenvalue weighted by Crippen LogP contribution is -2.64. The molecule has 2 fully saturated rings. The molecule has 2 rings (SSSR count). The Morgan fingerprint density at radius 1 is 1.04 bits per heavy atom. The van der Waals surface area contributed by atoms with Crippen molar-refractivity contribution in [3.05, 3.63) is 10.4 Å². The van der Waals surface area contributed by atoms with Crippen molar-refractivity contribution >= 4 is 0 Å². The fraction of sp³-hybridized carbons (Fsp3) is 1.00. The molecule has 2 aliphatic heterocycles. The third-order valence-electron chi connectivity index (χ3n) is 4.41. The predicted molar refractivity (Wildman–Crippen MR) is 80.2 cm³/mol. The van der Waals surface area contributed by atoms with Gasteiger partial charge in [-0.25, -0.2) is 0 Å². The number of ether oxygens (including phenoxy) is 3. The molecule has 0 saturated carbocycles. The number of nitrogens with zero attached hydrogens (tertiary/aromatic N) is 3. The summed E-state index contributed by atoms with van der Waals surface area (Å²) in [4.78, 5) is 2.51. The van der Waals surface area contributed by atoms with Gasteiger partial charge < -0.3 is 50.0 Å². The molecule has 0 aromatic heterocycles. The van der Waals surface area contributed by atoms with Gasteiger partial charge in [0.1, 0.15) is 30.5 Å². The van der Waals surface area contributed by atoms with Crippen LogP contribution in [-0.2, 0) is 14.2 Å². The first-order valence-corrected chi connectivity index (χ1v) is 7.92. The maximum absolute atomic E-state index is 10.1. The topological polar surface area (TPSA) is 218 Å². The number of aliphatic hydroxyl groups excluding tert-OH is 7. The van der Waals surface area contributed by atoms with Crippen LogP contribution in [0.15, 0.2) is 5.11 Å². The maximum Gasteiger partial charge on any atom is 0.197 e. The molecular weight excluding hydrogens is 358 g/mol. The minimum Gasteiger partial charge on any atom is -0.394 e. The van der Waals surface area contributed by atoms with Crippen LogP contribution >= 0.6 is 0 Å². The van der Waals surface area contributed by atoms with Crippen molar-refractivity contribution in [1.29, 1.82) is 0 Å². The summed E-state index contributed by atoms with van der Waals surface area (Å²) in [5.74, 6) is -1.96. The molecule has 0 aromatic rings. The van der Waals surface area contributed by atoms with Crippen LogP contribution in [0.1, 0.15) is 6.42 Å². The van der Waals surface area contributed by atoms with Gasteiger partial charge >= 0.3 is 0 Å². The molecule has 0 spiro atoms. The van der Waals surface area contributed by atoms with Crippen molar-refractivity contribution in [2.75, 3.05) is 19.8 Å². The van der Waals surface area contributed by atoms with Crippen molar-refractivity contribution in [2.45, 2.75) is 61.2 Å². The van der Waals surface area contributed by atoms with Crippen LogP contribution < -0.4 is 0 Å². The van der Waals surface area contributed by atoms with Gasteiger partial charge in [0.15, 0.2) is 12.1 Å². The first kappa shape index (κ1) is 21.2.